The SMILES string of the molecule is c1cc(-c2cn(Cc3ccc4cc(CNC5CC5)[nH]c4c3)nn2)c2cn[nH]c2c1. The highest BCUT2D eigenvalue weighted by Crippen LogP contribution is 2.26. The summed E-state index contributed by atoms with van der Waals surface area (Å²) >= 11 is 0. The predicted molar refractivity (Wildman–Crippen MR) is 112 cm³/mol. The van der Waals surface area contributed by atoms with E-state index in [2.05, 4.69) is 55.1 Å². The largest absolute Gasteiger partial charge is 0.357 e. The summed E-state index contributed by atoms with van der Waals surface area (Å²) in [4.78, 5) is 3.53. The number of fused-ring (bicyclic) bond motifs is 2. The average molecular weight is 383 g/mol. The summed E-state index contributed by atoms with van der Waals surface area (Å²) < 4.78 is 1.88. The van der Waals surface area contributed by atoms with Crippen molar-refractivity contribution < 1.29 is 0 Å². The van der Waals surface area contributed by atoms with E-state index in [0.29, 0.717) is 12.6 Å². The maximum Gasteiger partial charge on any atom is 0.113 e. The first-order chi connectivity index (χ1) is 14.3. The van der Waals surface area contributed by atoms with Gasteiger partial charge in [0.2, 0.25) is 0 Å². The standard InChI is InChI=1S/C22H21N7/c1-2-18(19-11-24-26-20(19)3-1)22-13-29(28-27-22)12-14-4-5-15-9-17(25-21(15)8-14)10-23-16-6-7-16/h1-5,8-9,11,13,16,23,25H,6-7,10,12H2,(H,24,26). The van der Waals surface area contributed by atoms with Crippen LogP contribution in [0.1, 0.15) is 24.1 Å². The van der Waals surface area contributed by atoms with Crippen LogP contribution in [-0.4, -0.2) is 36.2 Å². The van der Waals surface area contributed by atoms with Crippen LogP contribution in [0.4, 0.5) is 0 Å². The lowest BCUT2D eigenvalue weighted by atomic mass is 10.1. The highest BCUT2D eigenvalue weighted by molar-refractivity contribution is 5.93. The Morgan fingerprint density at radius 2 is 2.07 bits per heavy atom. The molecule has 0 bridgehead atoms. The molecule has 5 aromatic rings. The van der Waals surface area contributed by atoms with Crippen LogP contribution >= 0.6 is 0 Å². The van der Waals surface area contributed by atoms with E-state index in [1.165, 1.54) is 35.0 Å². The second-order valence-electron chi connectivity index (χ2n) is 7.81. The van der Waals surface area contributed by atoms with Crippen LogP contribution in [0.3, 0.4) is 0 Å². The molecule has 144 valence electrons. The van der Waals surface area contributed by atoms with Crippen molar-refractivity contribution in [3.8, 4) is 11.3 Å². The highest BCUT2D eigenvalue weighted by atomic mass is 15.4. The Hall–Kier alpha value is -3.45. The number of aromatic nitrogens is 6. The summed E-state index contributed by atoms with van der Waals surface area (Å²) in [6, 6.07) is 15.5. The van der Waals surface area contributed by atoms with Crippen molar-refractivity contribution in [3.63, 3.8) is 0 Å². The second-order valence-corrected chi connectivity index (χ2v) is 7.81. The zero-order valence-corrected chi connectivity index (χ0v) is 15.9. The van der Waals surface area contributed by atoms with Crippen molar-refractivity contribution in [2.24, 2.45) is 0 Å². The van der Waals surface area contributed by atoms with Crippen LogP contribution in [0.2, 0.25) is 0 Å². The zero-order valence-electron chi connectivity index (χ0n) is 15.9. The van der Waals surface area contributed by atoms with Crippen molar-refractivity contribution >= 4 is 21.8 Å². The topological polar surface area (TPSA) is 87.2 Å². The maximum absolute atomic E-state index is 4.38. The van der Waals surface area contributed by atoms with Gasteiger partial charge in [0.25, 0.3) is 0 Å². The van der Waals surface area contributed by atoms with Gasteiger partial charge in [0.15, 0.2) is 0 Å². The van der Waals surface area contributed by atoms with E-state index >= 15 is 0 Å². The number of benzene rings is 2. The van der Waals surface area contributed by atoms with Gasteiger partial charge in [-0.15, -0.1) is 5.10 Å². The van der Waals surface area contributed by atoms with E-state index in [4.69, 9.17) is 0 Å². The molecule has 3 heterocycles. The number of hydrogen-bond acceptors (Lipinski definition) is 4. The molecule has 0 unspecified atom stereocenters. The van der Waals surface area contributed by atoms with E-state index in [-0.39, 0.29) is 0 Å². The highest BCUT2D eigenvalue weighted by Gasteiger charge is 2.20. The molecule has 6 rings (SSSR count). The molecular formula is C22H21N7. The molecule has 3 N–H and O–H groups in total. The van der Waals surface area contributed by atoms with Gasteiger partial charge >= 0.3 is 0 Å². The number of hydrogen-bond donors (Lipinski definition) is 3. The number of rotatable bonds is 6. The molecule has 1 saturated carbocycles. The fraction of sp³-hybridized carbons (Fsp3) is 0.227. The fourth-order valence-electron chi connectivity index (χ4n) is 3.85. The minimum absolute atomic E-state index is 0.680. The van der Waals surface area contributed by atoms with Gasteiger partial charge < -0.3 is 10.3 Å². The summed E-state index contributed by atoms with van der Waals surface area (Å²) in [6.07, 6.45) is 6.43. The molecule has 0 aliphatic heterocycles. The molecule has 1 fully saturated rings. The molecule has 29 heavy (non-hydrogen) atoms. The van der Waals surface area contributed by atoms with Crippen molar-refractivity contribution in [3.05, 3.63) is 66.1 Å². The van der Waals surface area contributed by atoms with E-state index in [1.807, 2.05) is 35.3 Å². The maximum atomic E-state index is 4.38. The first-order valence-corrected chi connectivity index (χ1v) is 9.98. The molecule has 3 aromatic heterocycles. The fourth-order valence-corrected chi connectivity index (χ4v) is 3.85. The van der Waals surface area contributed by atoms with E-state index < -0.39 is 0 Å². The Bertz CT molecular complexity index is 1310. The number of nitrogens with one attached hydrogen (secondary N) is 3. The Labute approximate surface area is 167 Å². The van der Waals surface area contributed by atoms with E-state index in [1.54, 1.807) is 0 Å². The van der Waals surface area contributed by atoms with Gasteiger partial charge in [-0.05, 0) is 42.0 Å². The first-order valence-electron chi connectivity index (χ1n) is 9.98. The Morgan fingerprint density at radius 3 is 3.00 bits per heavy atom. The molecule has 1 aliphatic carbocycles. The molecule has 1 aliphatic rings. The Kier molecular flexibility index (Phi) is 3.73. The second kappa shape index (κ2) is 6.56. The van der Waals surface area contributed by atoms with Crippen molar-refractivity contribution in [1.82, 2.24) is 35.5 Å². The summed E-state index contributed by atoms with van der Waals surface area (Å²) in [7, 11) is 0. The Balaban J connectivity index is 1.24. The van der Waals surface area contributed by atoms with Crippen LogP contribution in [0.25, 0.3) is 33.1 Å². The van der Waals surface area contributed by atoms with Crippen LogP contribution in [0, 0.1) is 0 Å². The molecule has 2 aromatic carbocycles. The molecule has 7 nitrogen and oxygen atoms in total. The lowest BCUT2D eigenvalue weighted by molar-refractivity contribution is 0.650. The first kappa shape index (κ1) is 16.5. The number of nitrogens with zero attached hydrogens (tertiary/aromatic N) is 4. The molecule has 0 amide bonds. The minimum atomic E-state index is 0.680. The third kappa shape index (κ3) is 3.19. The number of H-pyrrole nitrogens is 2. The minimum Gasteiger partial charge on any atom is -0.357 e. The van der Waals surface area contributed by atoms with Crippen molar-refractivity contribution in [2.75, 3.05) is 0 Å². The van der Waals surface area contributed by atoms with Gasteiger partial charge in [0, 0.05) is 34.7 Å². The summed E-state index contributed by atoms with van der Waals surface area (Å²) in [6.45, 7) is 1.58. The summed E-state index contributed by atoms with van der Waals surface area (Å²) in [5, 5.41) is 21.7. The van der Waals surface area contributed by atoms with Gasteiger partial charge in [-0.3, -0.25) is 5.10 Å². The Morgan fingerprint density at radius 1 is 1.10 bits per heavy atom. The molecule has 0 atom stereocenters. The van der Waals surface area contributed by atoms with Crippen molar-refractivity contribution in [2.45, 2.75) is 32.0 Å². The molecule has 7 heteroatoms. The van der Waals surface area contributed by atoms with Crippen LogP contribution < -0.4 is 5.32 Å². The van der Waals surface area contributed by atoms with Crippen LogP contribution in [-0.2, 0) is 13.1 Å². The molecular weight excluding hydrogens is 362 g/mol. The zero-order chi connectivity index (χ0) is 19.2. The van der Waals surface area contributed by atoms with E-state index in [0.717, 1.165) is 28.7 Å². The van der Waals surface area contributed by atoms with E-state index in [9.17, 15) is 0 Å². The molecule has 0 saturated heterocycles. The third-order valence-electron chi connectivity index (χ3n) is 5.55. The van der Waals surface area contributed by atoms with Crippen LogP contribution in [0.5, 0.6) is 0 Å². The third-order valence-corrected chi connectivity index (χ3v) is 5.55. The quantitative estimate of drug-likeness (QED) is 0.418. The van der Waals surface area contributed by atoms with Gasteiger partial charge in [0.1, 0.15) is 5.69 Å². The van der Waals surface area contributed by atoms with Gasteiger partial charge in [-0.2, -0.15) is 5.10 Å². The predicted octanol–water partition coefficient (Wildman–Crippen LogP) is 3.60. The molecule has 0 radical (unpaired) electrons. The van der Waals surface area contributed by atoms with Gasteiger partial charge in [-0.25, -0.2) is 4.68 Å². The number of aromatic amines is 2. The lowest BCUT2D eigenvalue weighted by Crippen LogP contribution is -2.15. The summed E-state index contributed by atoms with van der Waals surface area (Å²) in [5.41, 5.74) is 6.49. The average Bonchev–Trinajstić information content (AvgIpc) is 3.11. The van der Waals surface area contributed by atoms with Crippen LogP contribution in [0.15, 0.2) is 54.9 Å². The normalized spacial score (nSPS) is 14.2. The smallest absolute Gasteiger partial charge is 0.113 e. The van der Waals surface area contributed by atoms with Gasteiger partial charge in [-0.1, -0.05) is 29.5 Å². The van der Waals surface area contributed by atoms with Gasteiger partial charge in [0.05, 0.1) is 24.5 Å². The lowest BCUT2D eigenvalue weighted by Gasteiger charge is -2.01. The summed E-state index contributed by atoms with van der Waals surface area (Å²) in [5.74, 6) is 0. The molecule has 0 spiro atoms. The monoisotopic (exact) mass is 383 g/mol. The van der Waals surface area contributed by atoms with Crippen molar-refractivity contribution in [1.29, 1.82) is 0 Å².